The van der Waals surface area contributed by atoms with Crippen LogP contribution in [0.15, 0.2) is 18.2 Å². The average Bonchev–Trinajstić information content (AvgIpc) is 2.86. The van der Waals surface area contributed by atoms with Gasteiger partial charge in [0, 0.05) is 13.0 Å². The Morgan fingerprint density at radius 2 is 2.11 bits per heavy atom. The van der Waals surface area contributed by atoms with Gasteiger partial charge in [0.05, 0.1) is 42.1 Å². The van der Waals surface area contributed by atoms with Gasteiger partial charge in [0.2, 0.25) is 0 Å². The summed E-state index contributed by atoms with van der Waals surface area (Å²) in [5.41, 5.74) is 1.52. The van der Waals surface area contributed by atoms with E-state index in [-0.39, 0.29) is 0 Å². The molecule has 0 amide bonds. The lowest BCUT2D eigenvalue weighted by Gasteiger charge is -2.40. The summed E-state index contributed by atoms with van der Waals surface area (Å²) < 4.78 is 11.5. The van der Waals surface area contributed by atoms with Gasteiger partial charge in [0.25, 0.3) is 0 Å². The maximum Gasteiger partial charge on any atom is 0.186 e. The normalized spacial score (nSPS) is 21.6. The number of nitriles is 1. The molecule has 0 N–H and O–H groups in total. The first-order valence-corrected chi connectivity index (χ1v) is 6.83. The van der Waals surface area contributed by atoms with E-state index >= 15 is 0 Å². The summed E-state index contributed by atoms with van der Waals surface area (Å²) in [6, 6.07) is 7.49. The van der Waals surface area contributed by atoms with Crippen molar-refractivity contribution in [2.24, 2.45) is 0 Å². The molecule has 0 saturated carbocycles. The summed E-state index contributed by atoms with van der Waals surface area (Å²) in [6.45, 7) is 2.95. The Bertz CT molecular complexity index is 521. The summed E-state index contributed by atoms with van der Waals surface area (Å²) in [4.78, 5) is 2.18. The number of benzene rings is 1. The van der Waals surface area contributed by atoms with Crippen LogP contribution in [0.5, 0.6) is 0 Å². The number of ether oxygens (including phenoxy) is 2. The molecule has 0 aliphatic carbocycles. The number of piperidine rings is 1. The molecular formula is C14H15ClN2O2. The summed E-state index contributed by atoms with van der Waals surface area (Å²) in [5, 5.41) is 9.47. The van der Waals surface area contributed by atoms with Gasteiger partial charge >= 0.3 is 0 Å². The van der Waals surface area contributed by atoms with E-state index in [4.69, 9.17) is 26.3 Å². The molecule has 0 bridgehead atoms. The highest BCUT2D eigenvalue weighted by Gasteiger charge is 2.41. The van der Waals surface area contributed by atoms with Crippen molar-refractivity contribution in [3.63, 3.8) is 0 Å². The van der Waals surface area contributed by atoms with Crippen molar-refractivity contribution >= 4 is 17.3 Å². The number of anilines is 1. The van der Waals surface area contributed by atoms with Gasteiger partial charge in [-0.25, -0.2) is 0 Å². The summed E-state index contributed by atoms with van der Waals surface area (Å²) in [6.07, 6.45) is 1.94. The second kappa shape index (κ2) is 5.01. The number of halogens is 1. The smallest absolute Gasteiger partial charge is 0.186 e. The van der Waals surface area contributed by atoms with E-state index in [9.17, 15) is 0 Å². The molecule has 4 nitrogen and oxygen atoms in total. The Morgan fingerprint density at radius 3 is 2.79 bits per heavy atom. The van der Waals surface area contributed by atoms with Crippen LogP contribution >= 0.6 is 11.6 Å². The van der Waals surface area contributed by atoms with Gasteiger partial charge in [0.15, 0.2) is 5.79 Å². The monoisotopic (exact) mass is 278 g/mol. The first kappa shape index (κ1) is 12.7. The SMILES string of the molecule is N#Cc1ccc(N2CCCC3(C2)OCCO3)c(Cl)c1. The van der Waals surface area contributed by atoms with Crippen LogP contribution in [0.1, 0.15) is 18.4 Å². The lowest BCUT2D eigenvalue weighted by Crippen LogP contribution is -2.49. The highest BCUT2D eigenvalue weighted by atomic mass is 35.5. The van der Waals surface area contributed by atoms with Gasteiger partial charge in [-0.1, -0.05) is 11.6 Å². The lowest BCUT2D eigenvalue weighted by molar-refractivity contribution is -0.161. The summed E-state index contributed by atoms with van der Waals surface area (Å²) >= 11 is 6.26. The van der Waals surface area contributed by atoms with Crippen LogP contribution in [-0.2, 0) is 9.47 Å². The zero-order chi connectivity index (χ0) is 13.3. The van der Waals surface area contributed by atoms with Crippen LogP contribution in [0, 0.1) is 11.3 Å². The zero-order valence-corrected chi connectivity index (χ0v) is 11.3. The average molecular weight is 279 g/mol. The molecule has 2 saturated heterocycles. The Labute approximate surface area is 117 Å². The molecule has 3 rings (SSSR count). The highest BCUT2D eigenvalue weighted by molar-refractivity contribution is 6.33. The van der Waals surface area contributed by atoms with Crippen molar-refractivity contribution in [1.29, 1.82) is 5.26 Å². The Morgan fingerprint density at radius 1 is 1.32 bits per heavy atom. The van der Waals surface area contributed by atoms with Gasteiger partial charge < -0.3 is 14.4 Å². The van der Waals surface area contributed by atoms with Gasteiger partial charge in [-0.2, -0.15) is 5.26 Å². The molecule has 1 spiro atoms. The molecule has 0 aromatic heterocycles. The Kier molecular flexibility index (Phi) is 3.36. The molecular weight excluding hydrogens is 264 g/mol. The van der Waals surface area contributed by atoms with E-state index in [0.29, 0.717) is 30.3 Å². The van der Waals surface area contributed by atoms with Gasteiger partial charge in [-0.15, -0.1) is 0 Å². The Hall–Kier alpha value is -1.28. The quantitative estimate of drug-likeness (QED) is 0.792. The molecule has 0 radical (unpaired) electrons. The number of hydrogen-bond donors (Lipinski definition) is 0. The standard InChI is InChI=1S/C14H15ClN2O2/c15-12-8-11(9-16)2-3-13(12)17-5-1-4-14(10-17)18-6-7-19-14/h2-3,8H,1,4-7,10H2. The minimum atomic E-state index is -0.463. The van der Waals surface area contributed by atoms with Crippen LogP contribution in [-0.4, -0.2) is 32.1 Å². The minimum Gasteiger partial charge on any atom is -0.365 e. The third kappa shape index (κ3) is 2.42. The zero-order valence-electron chi connectivity index (χ0n) is 10.6. The van der Waals surface area contributed by atoms with Crippen molar-refractivity contribution in [2.45, 2.75) is 18.6 Å². The second-order valence-corrected chi connectivity index (χ2v) is 5.32. The molecule has 1 aromatic carbocycles. The van der Waals surface area contributed by atoms with Gasteiger partial charge in [-0.3, -0.25) is 0 Å². The predicted molar refractivity (Wildman–Crippen MR) is 72.2 cm³/mol. The molecule has 100 valence electrons. The molecule has 2 fully saturated rings. The topological polar surface area (TPSA) is 45.5 Å². The van der Waals surface area contributed by atoms with Crippen molar-refractivity contribution in [1.82, 2.24) is 0 Å². The molecule has 0 unspecified atom stereocenters. The molecule has 0 atom stereocenters. The largest absolute Gasteiger partial charge is 0.365 e. The molecule has 19 heavy (non-hydrogen) atoms. The fraction of sp³-hybridized carbons (Fsp3) is 0.500. The summed E-state index contributed by atoms with van der Waals surface area (Å²) in [7, 11) is 0. The van der Waals surface area contributed by atoms with Crippen LogP contribution in [0.2, 0.25) is 5.02 Å². The fourth-order valence-corrected chi connectivity index (χ4v) is 3.06. The van der Waals surface area contributed by atoms with Crippen LogP contribution in [0.25, 0.3) is 0 Å². The summed E-state index contributed by atoms with van der Waals surface area (Å²) in [5.74, 6) is -0.463. The second-order valence-electron chi connectivity index (χ2n) is 4.91. The lowest BCUT2D eigenvalue weighted by atomic mass is 10.0. The van der Waals surface area contributed by atoms with Gasteiger partial charge in [-0.05, 0) is 24.6 Å². The van der Waals surface area contributed by atoms with E-state index < -0.39 is 5.79 Å². The number of nitrogens with zero attached hydrogens (tertiary/aromatic N) is 2. The van der Waals surface area contributed by atoms with E-state index in [2.05, 4.69) is 11.0 Å². The van der Waals surface area contributed by atoms with Crippen LogP contribution in [0.4, 0.5) is 5.69 Å². The minimum absolute atomic E-state index is 0.463. The van der Waals surface area contributed by atoms with E-state index in [1.54, 1.807) is 12.1 Å². The van der Waals surface area contributed by atoms with Gasteiger partial charge in [0.1, 0.15) is 0 Å². The molecule has 2 aliphatic heterocycles. The number of hydrogen-bond acceptors (Lipinski definition) is 4. The fourth-order valence-electron chi connectivity index (χ4n) is 2.76. The maximum absolute atomic E-state index is 8.87. The van der Waals surface area contributed by atoms with Crippen LogP contribution < -0.4 is 4.90 Å². The molecule has 1 aromatic rings. The molecule has 5 heteroatoms. The van der Waals surface area contributed by atoms with Crippen molar-refractivity contribution in [3.8, 4) is 6.07 Å². The molecule has 2 heterocycles. The van der Waals surface area contributed by atoms with Crippen LogP contribution in [0.3, 0.4) is 0 Å². The van der Waals surface area contributed by atoms with Crippen molar-refractivity contribution in [2.75, 3.05) is 31.2 Å². The first-order chi connectivity index (χ1) is 9.22. The highest BCUT2D eigenvalue weighted by Crippen LogP contribution is 2.35. The van der Waals surface area contributed by atoms with E-state index in [1.165, 1.54) is 0 Å². The third-order valence-corrected chi connectivity index (χ3v) is 3.95. The van der Waals surface area contributed by atoms with Crippen molar-refractivity contribution < 1.29 is 9.47 Å². The number of rotatable bonds is 1. The third-order valence-electron chi connectivity index (χ3n) is 3.65. The predicted octanol–water partition coefficient (Wildman–Crippen LogP) is 2.55. The van der Waals surface area contributed by atoms with Crippen molar-refractivity contribution in [3.05, 3.63) is 28.8 Å². The van der Waals surface area contributed by atoms with E-state index in [1.807, 2.05) is 6.07 Å². The first-order valence-electron chi connectivity index (χ1n) is 6.45. The van der Waals surface area contributed by atoms with E-state index in [0.717, 1.165) is 25.1 Å². The maximum atomic E-state index is 8.87. The molecule has 2 aliphatic rings. The Balaban J connectivity index is 1.84.